The smallest absolute Gasteiger partial charge is 0.306 e. The fourth-order valence-corrected chi connectivity index (χ4v) is 6.70. The molecule has 0 radical (unpaired) electrons. The fraction of sp³-hybridized carbons (Fsp3) is 0.750. The number of hydrogen-bond acceptors (Lipinski definition) is 8. The SMILES string of the molecule is CC/C=C/C/C=C/C/C=C/C/C=C/C/C=C/CCCCCC(=O)O[C@H](COC(=O)CCCCCCCCCCCCCCCCC)COP(=O)([O-])OCC[N+](C)(C)C. The van der Waals surface area contributed by atoms with Gasteiger partial charge in [-0.2, -0.15) is 0 Å². The Kier molecular flexibility index (Phi) is 38.5. The molecule has 10 heteroatoms. The lowest BCUT2D eigenvalue weighted by atomic mass is 10.0. The lowest BCUT2D eigenvalue weighted by Crippen LogP contribution is -2.37. The highest BCUT2D eigenvalue weighted by Gasteiger charge is 2.21. The predicted octanol–water partition coefficient (Wildman–Crippen LogP) is 12.6. The molecule has 1 unspecified atom stereocenters. The lowest BCUT2D eigenvalue weighted by molar-refractivity contribution is -0.870. The van der Waals surface area contributed by atoms with E-state index in [1.165, 1.54) is 77.0 Å². The maximum absolute atomic E-state index is 12.7. The van der Waals surface area contributed by atoms with E-state index in [0.29, 0.717) is 17.4 Å². The quantitative estimate of drug-likeness (QED) is 0.0197. The van der Waals surface area contributed by atoms with Gasteiger partial charge in [-0.3, -0.25) is 14.2 Å². The summed E-state index contributed by atoms with van der Waals surface area (Å²) >= 11 is 0. The Morgan fingerprint density at radius 1 is 0.552 bits per heavy atom. The highest BCUT2D eigenvalue weighted by molar-refractivity contribution is 7.45. The normalized spacial score (nSPS) is 14.1. The van der Waals surface area contributed by atoms with Gasteiger partial charge < -0.3 is 27.9 Å². The third-order valence-corrected chi connectivity index (χ3v) is 10.5. The van der Waals surface area contributed by atoms with Crippen molar-refractivity contribution in [1.29, 1.82) is 0 Å². The largest absolute Gasteiger partial charge is 0.756 e. The van der Waals surface area contributed by atoms with Gasteiger partial charge in [0.15, 0.2) is 6.10 Å². The van der Waals surface area contributed by atoms with Gasteiger partial charge in [0, 0.05) is 12.8 Å². The minimum Gasteiger partial charge on any atom is -0.756 e. The van der Waals surface area contributed by atoms with Crippen LogP contribution in [0.2, 0.25) is 0 Å². The number of carbonyl (C=O) groups is 2. The molecule has 0 aliphatic heterocycles. The summed E-state index contributed by atoms with van der Waals surface area (Å²) in [5.74, 6) is -0.871. The van der Waals surface area contributed by atoms with E-state index in [1.54, 1.807) is 0 Å². The number of allylic oxidation sites excluding steroid dienone is 10. The number of unbranched alkanes of at least 4 members (excludes halogenated alkanes) is 17. The predicted molar refractivity (Wildman–Crippen MR) is 240 cm³/mol. The minimum atomic E-state index is -4.64. The molecule has 0 aliphatic carbocycles. The van der Waals surface area contributed by atoms with Gasteiger partial charge in [0.2, 0.25) is 0 Å². The Morgan fingerprint density at radius 2 is 0.983 bits per heavy atom. The molecular weight excluding hydrogens is 750 g/mol. The molecule has 0 aromatic heterocycles. The van der Waals surface area contributed by atoms with Gasteiger partial charge in [-0.05, 0) is 57.8 Å². The molecule has 336 valence electrons. The molecule has 0 rings (SSSR count). The summed E-state index contributed by atoms with van der Waals surface area (Å²) in [6.07, 6.45) is 48.2. The molecule has 0 spiro atoms. The maximum Gasteiger partial charge on any atom is 0.306 e. The molecule has 0 N–H and O–H groups in total. The Hall–Kier alpha value is -2.29. The Balaban J connectivity index is 4.40. The van der Waals surface area contributed by atoms with Crippen LogP contribution in [0.15, 0.2) is 60.8 Å². The van der Waals surface area contributed by atoms with E-state index >= 15 is 0 Å². The van der Waals surface area contributed by atoms with E-state index in [2.05, 4.69) is 74.6 Å². The van der Waals surface area contributed by atoms with Crippen LogP contribution < -0.4 is 4.89 Å². The number of ether oxygens (including phenoxy) is 2. The van der Waals surface area contributed by atoms with Crippen molar-refractivity contribution in [2.75, 3.05) is 47.5 Å². The molecule has 0 aliphatic rings. The van der Waals surface area contributed by atoms with E-state index < -0.39 is 32.5 Å². The number of phosphoric acid groups is 1. The number of rotatable bonds is 41. The fourth-order valence-electron chi connectivity index (χ4n) is 5.97. The Labute approximate surface area is 356 Å². The van der Waals surface area contributed by atoms with E-state index in [1.807, 2.05) is 21.1 Å². The first-order valence-corrected chi connectivity index (χ1v) is 24.5. The Bertz CT molecular complexity index is 1170. The zero-order valence-electron chi connectivity index (χ0n) is 37.7. The third kappa shape index (κ3) is 43.3. The molecule has 0 aromatic rings. The van der Waals surface area contributed by atoms with Crippen LogP contribution in [-0.4, -0.2) is 70.0 Å². The summed E-state index contributed by atoms with van der Waals surface area (Å²) in [5.41, 5.74) is 0. The number of hydrogen-bond donors (Lipinski definition) is 0. The summed E-state index contributed by atoms with van der Waals surface area (Å²) < 4.78 is 33.9. The molecule has 0 saturated carbocycles. The Morgan fingerprint density at radius 3 is 1.47 bits per heavy atom. The summed E-state index contributed by atoms with van der Waals surface area (Å²) in [6.45, 7) is 4.08. The average molecular weight is 836 g/mol. The van der Waals surface area contributed by atoms with E-state index in [9.17, 15) is 19.0 Å². The van der Waals surface area contributed by atoms with Crippen LogP contribution >= 0.6 is 7.82 Å². The van der Waals surface area contributed by atoms with Gasteiger partial charge in [-0.15, -0.1) is 0 Å². The van der Waals surface area contributed by atoms with Crippen LogP contribution in [-0.2, 0) is 32.7 Å². The van der Waals surface area contributed by atoms with Crippen molar-refractivity contribution in [3.8, 4) is 0 Å². The number of likely N-dealkylation sites (N-methyl/N-ethyl adjacent to an activating group) is 1. The molecule has 9 nitrogen and oxygen atoms in total. The van der Waals surface area contributed by atoms with E-state index in [-0.39, 0.29) is 26.1 Å². The maximum atomic E-state index is 12.7. The topological polar surface area (TPSA) is 111 Å². The van der Waals surface area contributed by atoms with Gasteiger partial charge in [0.25, 0.3) is 7.82 Å². The first-order valence-electron chi connectivity index (χ1n) is 23.0. The molecule has 0 fully saturated rings. The van der Waals surface area contributed by atoms with Crippen LogP contribution in [0.5, 0.6) is 0 Å². The van der Waals surface area contributed by atoms with Crippen molar-refractivity contribution >= 4 is 19.8 Å². The zero-order chi connectivity index (χ0) is 42.8. The lowest BCUT2D eigenvalue weighted by Gasteiger charge is -2.28. The van der Waals surface area contributed by atoms with Gasteiger partial charge in [-0.25, -0.2) is 0 Å². The van der Waals surface area contributed by atoms with Gasteiger partial charge >= 0.3 is 11.9 Å². The molecule has 0 aromatic carbocycles. The van der Waals surface area contributed by atoms with E-state index in [0.717, 1.165) is 70.6 Å². The van der Waals surface area contributed by atoms with Gasteiger partial charge in [-0.1, -0.05) is 171 Å². The highest BCUT2D eigenvalue weighted by Crippen LogP contribution is 2.38. The number of quaternary nitrogens is 1. The number of phosphoric ester groups is 1. The monoisotopic (exact) mass is 836 g/mol. The average Bonchev–Trinajstić information content (AvgIpc) is 3.17. The second kappa shape index (κ2) is 40.1. The van der Waals surface area contributed by atoms with Crippen molar-refractivity contribution in [2.24, 2.45) is 0 Å². The van der Waals surface area contributed by atoms with Crippen LogP contribution in [0, 0.1) is 0 Å². The molecule has 0 bridgehead atoms. The van der Waals surface area contributed by atoms with Crippen molar-refractivity contribution in [2.45, 2.75) is 187 Å². The molecule has 0 heterocycles. The summed E-state index contributed by atoms with van der Waals surface area (Å²) in [6, 6.07) is 0. The van der Waals surface area contributed by atoms with Crippen molar-refractivity contribution in [3.63, 3.8) is 0 Å². The molecule has 58 heavy (non-hydrogen) atoms. The molecular formula is C48H86NO8P. The summed E-state index contributed by atoms with van der Waals surface area (Å²) in [7, 11) is 1.14. The second-order valence-electron chi connectivity index (χ2n) is 16.4. The highest BCUT2D eigenvalue weighted by atomic mass is 31.2. The third-order valence-electron chi connectivity index (χ3n) is 9.55. The van der Waals surface area contributed by atoms with Crippen molar-refractivity contribution in [1.82, 2.24) is 0 Å². The zero-order valence-corrected chi connectivity index (χ0v) is 38.6. The first kappa shape index (κ1) is 55.7. The molecule has 0 amide bonds. The number of carbonyl (C=O) groups excluding carboxylic acids is 2. The van der Waals surface area contributed by atoms with Crippen LogP contribution in [0.4, 0.5) is 0 Å². The molecule has 0 saturated heterocycles. The van der Waals surface area contributed by atoms with Crippen LogP contribution in [0.1, 0.15) is 181 Å². The number of esters is 2. The second-order valence-corrected chi connectivity index (χ2v) is 17.8. The summed E-state index contributed by atoms with van der Waals surface area (Å²) in [5, 5.41) is 0. The van der Waals surface area contributed by atoms with Crippen molar-refractivity contribution in [3.05, 3.63) is 60.8 Å². The number of nitrogens with zero attached hydrogens (tertiary/aromatic N) is 1. The standard InChI is InChI=1S/C48H86NO8P/c1-6-8-10-12-14-16-18-20-22-23-24-25-27-29-31-33-35-37-39-41-48(51)57-46(45-56-58(52,53)55-43-42-49(3,4)5)44-54-47(50)40-38-36-34-32-30-28-26-21-19-17-15-13-11-9-7-2/h8,10,14,16,20,22,24-25,29,31,46H,6-7,9,11-13,15,17-19,21,23,26-28,30,32-45H2,1-5H3/b10-8+,16-14+,22-20+,25-24+,31-29+/t46-/m1/s1. The van der Waals surface area contributed by atoms with Gasteiger partial charge in [0.1, 0.15) is 19.8 Å². The van der Waals surface area contributed by atoms with E-state index in [4.69, 9.17) is 18.5 Å². The van der Waals surface area contributed by atoms with Gasteiger partial charge in [0.05, 0.1) is 27.7 Å². The molecule has 2 atom stereocenters. The van der Waals surface area contributed by atoms with Crippen LogP contribution in [0.25, 0.3) is 0 Å². The minimum absolute atomic E-state index is 0.0391. The van der Waals surface area contributed by atoms with Crippen LogP contribution in [0.3, 0.4) is 0 Å². The van der Waals surface area contributed by atoms with Crippen molar-refractivity contribution < 1.29 is 42.1 Å². The summed E-state index contributed by atoms with van der Waals surface area (Å²) in [4.78, 5) is 37.6. The first-order chi connectivity index (χ1) is 28.0.